The van der Waals surface area contributed by atoms with Crippen LogP contribution in [0.5, 0.6) is 0 Å². The van der Waals surface area contributed by atoms with Gasteiger partial charge in [0.05, 0.1) is 18.2 Å². The molecule has 1 amide bonds. The van der Waals surface area contributed by atoms with Crippen LogP contribution in [0, 0.1) is 17.2 Å². The topological polar surface area (TPSA) is 53.3 Å². The Balaban J connectivity index is 1.98. The van der Waals surface area contributed by atoms with Gasteiger partial charge in [0, 0.05) is 26.6 Å². The van der Waals surface area contributed by atoms with Gasteiger partial charge in [-0.3, -0.25) is 4.79 Å². The van der Waals surface area contributed by atoms with Gasteiger partial charge < -0.3 is 9.64 Å². The van der Waals surface area contributed by atoms with Crippen molar-refractivity contribution in [3.63, 3.8) is 0 Å². The van der Waals surface area contributed by atoms with Gasteiger partial charge in [0.1, 0.15) is 0 Å². The van der Waals surface area contributed by atoms with Crippen LogP contribution in [0.25, 0.3) is 0 Å². The van der Waals surface area contributed by atoms with Gasteiger partial charge in [-0.25, -0.2) is 0 Å². The van der Waals surface area contributed by atoms with Gasteiger partial charge in [0.2, 0.25) is 5.91 Å². The number of nitrogens with zero attached hydrogens (tertiary/aromatic N) is 2. The van der Waals surface area contributed by atoms with Crippen molar-refractivity contribution < 1.29 is 9.53 Å². The molecule has 1 fully saturated rings. The molecule has 0 unspecified atom stereocenters. The molecule has 1 atom stereocenters. The Labute approximate surface area is 113 Å². The molecule has 0 N–H and O–H groups in total. The van der Waals surface area contributed by atoms with Gasteiger partial charge in [-0.05, 0) is 24.0 Å². The smallest absolute Gasteiger partial charge is 0.223 e. The molecule has 0 spiro atoms. The first-order valence-corrected chi connectivity index (χ1v) is 6.49. The highest BCUT2D eigenvalue weighted by Crippen LogP contribution is 2.23. The van der Waals surface area contributed by atoms with Crippen molar-refractivity contribution in [3.8, 4) is 6.07 Å². The molecule has 1 heterocycles. The van der Waals surface area contributed by atoms with E-state index in [2.05, 4.69) is 6.07 Å². The van der Waals surface area contributed by atoms with Crippen molar-refractivity contribution in [2.75, 3.05) is 26.8 Å². The van der Waals surface area contributed by atoms with E-state index >= 15 is 0 Å². The van der Waals surface area contributed by atoms with Crippen LogP contribution in [0.15, 0.2) is 24.3 Å². The summed E-state index contributed by atoms with van der Waals surface area (Å²) in [6, 6.07) is 9.82. The lowest BCUT2D eigenvalue weighted by Gasteiger charge is -2.16. The van der Waals surface area contributed by atoms with Crippen molar-refractivity contribution in [2.45, 2.75) is 12.8 Å². The van der Waals surface area contributed by atoms with Gasteiger partial charge >= 0.3 is 0 Å². The fraction of sp³-hybridized carbons (Fsp3) is 0.467. The van der Waals surface area contributed by atoms with E-state index < -0.39 is 0 Å². The zero-order valence-electron chi connectivity index (χ0n) is 11.1. The highest BCUT2D eigenvalue weighted by Gasteiger charge is 2.29. The number of ether oxygens (including phenoxy) is 1. The summed E-state index contributed by atoms with van der Waals surface area (Å²) in [5.41, 5.74) is 1.75. The van der Waals surface area contributed by atoms with Crippen LogP contribution in [-0.4, -0.2) is 37.6 Å². The SMILES string of the molecule is COCCN1C[C@@H](Cc2ccccc2C#N)CC1=O. The summed E-state index contributed by atoms with van der Waals surface area (Å²) in [5.74, 6) is 0.496. The van der Waals surface area contributed by atoms with Crippen LogP contribution in [0.1, 0.15) is 17.5 Å². The van der Waals surface area contributed by atoms with Crippen LogP contribution in [0.3, 0.4) is 0 Å². The average molecular weight is 258 g/mol. The second kappa shape index (κ2) is 6.35. The summed E-state index contributed by atoms with van der Waals surface area (Å²) in [5, 5.41) is 9.07. The van der Waals surface area contributed by atoms with Crippen LogP contribution in [0.4, 0.5) is 0 Å². The van der Waals surface area contributed by atoms with E-state index in [4.69, 9.17) is 10.00 Å². The molecular formula is C15H18N2O2. The fourth-order valence-corrected chi connectivity index (χ4v) is 2.53. The summed E-state index contributed by atoms with van der Waals surface area (Å²) in [7, 11) is 1.64. The van der Waals surface area contributed by atoms with E-state index in [1.165, 1.54) is 0 Å². The summed E-state index contributed by atoms with van der Waals surface area (Å²) >= 11 is 0. The van der Waals surface area contributed by atoms with E-state index in [1.54, 1.807) is 7.11 Å². The number of nitriles is 1. The average Bonchev–Trinajstić information content (AvgIpc) is 2.77. The lowest BCUT2D eigenvalue weighted by Crippen LogP contribution is -2.28. The van der Waals surface area contributed by atoms with E-state index in [0.29, 0.717) is 31.1 Å². The predicted octanol–water partition coefficient (Wildman–Crippen LogP) is 1.60. The number of rotatable bonds is 5. The molecule has 1 saturated heterocycles. The van der Waals surface area contributed by atoms with Gasteiger partial charge in [0.25, 0.3) is 0 Å². The maximum Gasteiger partial charge on any atom is 0.223 e. The maximum absolute atomic E-state index is 11.8. The molecule has 0 saturated carbocycles. The first-order valence-electron chi connectivity index (χ1n) is 6.49. The molecule has 1 aromatic carbocycles. The normalized spacial score (nSPS) is 18.6. The lowest BCUT2D eigenvalue weighted by atomic mass is 9.95. The van der Waals surface area contributed by atoms with E-state index in [0.717, 1.165) is 18.5 Å². The van der Waals surface area contributed by atoms with Crippen LogP contribution in [-0.2, 0) is 16.0 Å². The Morgan fingerprint density at radius 2 is 2.26 bits per heavy atom. The second-order valence-corrected chi connectivity index (χ2v) is 4.88. The molecule has 0 bridgehead atoms. The molecule has 1 aliphatic heterocycles. The van der Waals surface area contributed by atoms with Crippen molar-refractivity contribution in [3.05, 3.63) is 35.4 Å². The fourth-order valence-electron chi connectivity index (χ4n) is 2.53. The number of carbonyl (C=O) groups is 1. The van der Waals surface area contributed by atoms with Crippen molar-refractivity contribution in [1.82, 2.24) is 4.90 Å². The van der Waals surface area contributed by atoms with E-state index in [9.17, 15) is 4.79 Å². The quantitative estimate of drug-likeness (QED) is 0.806. The molecular weight excluding hydrogens is 240 g/mol. The number of amides is 1. The minimum atomic E-state index is 0.191. The standard InChI is InChI=1S/C15H18N2O2/c1-19-7-6-17-11-12(9-15(17)18)8-13-4-2-3-5-14(13)10-16/h2-5,12H,6-9,11H2,1H3/t12-/m0/s1. The van der Waals surface area contributed by atoms with Gasteiger partial charge in [-0.1, -0.05) is 18.2 Å². The third-order valence-electron chi connectivity index (χ3n) is 3.51. The summed E-state index contributed by atoms with van der Waals surface area (Å²) in [6.45, 7) is 2.00. The molecule has 4 heteroatoms. The number of hydrogen-bond donors (Lipinski definition) is 0. The largest absolute Gasteiger partial charge is 0.383 e. The molecule has 1 aliphatic rings. The minimum Gasteiger partial charge on any atom is -0.383 e. The first kappa shape index (κ1) is 13.6. The van der Waals surface area contributed by atoms with E-state index in [-0.39, 0.29) is 5.91 Å². The minimum absolute atomic E-state index is 0.191. The van der Waals surface area contributed by atoms with Crippen molar-refractivity contribution in [2.24, 2.45) is 5.92 Å². The molecule has 1 aromatic rings. The van der Waals surface area contributed by atoms with Gasteiger partial charge in [0.15, 0.2) is 0 Å². The Hall–Kier alpha value is -1.86. The summed E-state index contributed by atoms with van der Waals surface area (Å²) in [4.78, 5) is 13.7. The Morgan fingerprint density at radius 1 is 1.47 bits per heavy atom. The number of benzene rings is 1. The van der Waals surface area contributed by atoms with Crippen LogP contribution in [0.2, 0.25) is 0 Å². The van der Waals surface area contributed by atoms with E-state index in [1.807, 2.05) is 29.2 Å². The zero-order chi connectivity index (χ0) is 13.7. The maximum atomic E-state index is 11.8. The predicted molar refractivity (Wildman–Crippen MR) is 71.4 cm³/mol. The molecule has 0 aliphatic carbocycles. The highest BCUT2D eigenvalue weighted by atomic mass is 16.5. The third kappa shape index (κ3) is 3.33. The molecule has 0 aromatic heterocycles. The highest BCUT2D eigenvalue weighted by molar-refractivity contribution is 5.78. The third-order valence-corrected chi connectivity index (χ3v) is 3.51. The molecule has 2 rings (SSSR count). The van der Waals surface area contributed by atoms with Crippen LogP contribution >= 0.6 is 0 Å². The summed E-state index contributed by atoms with van der Waals surface area (Å²) < 4.78 is 5.01. The Kier molecular flexibility index (Phi) is 4.53. The Bertz CT molecular complexity index is 493. The van der Waals surface area contributed by atoms with Gasteiger partial charge in [-0.15, -0.1) is 0 Å². The number of likely N-dealkylation sites (tertiary alicyclic amines) is 1. The molecule has 100 valence electrons. The summed E-state index contributed by atoms with van der Waals surface area (Å²) in [6.07, 6.45) is 1.36. The molecule has 0 radical (unpaired) electrons. The number of hydrogen-bond acceptors (Lipinski definition) is 3. The van der Waals surface area contributed by atoms with Gasteiger partial charge in [-0.2, -0.15) is 5.26 Å². The Morgan fingerprint density at radius 3 is 3.00 bits per heavy atom. The monoisotopic (exact) mass is 258 g/mol. The number of methoxy groups -OCH3 is 1. The zero-order valence-corrected chi connectivity index (χ0v) is 11.1. The molecule has 19 heavy (non-hydrogen) atoms. The molecule has 4 nitrogen and oxygen atoms in total. The lowest BCUT2D eigenvalue weighted by molar-refractivity contribution is -0.128. The van der Waals surface area contributed by atoms with Crippen molar-refractivity contribution >= 4 is 5.91 Å². The van der Waals surface area contributed by atoms with Crippen LogP contribution < -0.4 is 0 Å². The second-order valence-electron chi connectivity index (χ2n) is 4.88. The first-order chi connectivity index (χ1) is 9.24. The number of carbonyl (C=O) groups excluding carboxylic acids is 1. The van der Waals surface area contributed by atoms with Crippen molar-refractivity contribution in [1.29, 1.82) is 5.26 Å².